The fourth-order valence-electron chi connectivity index (χ4n) is 0.941. The second-order valence-electron chi connectivity index (χ2n) is 4.45. The van der Waals surface area contributed by atoms with Crippen molar-refractivity contribution in [3.63, 3.8) is 0 Å². The monoisotopic (exact) mass is 411 g/mol. The van der Waals surface area contributed by atoms with Crippen molar-refractivity contribution in [2.24, 2.45) is 20.9 Å². The Kier molecular flexibility index (Phi) is 5.92. The van der Waals surface area contributed by atoms with Gasteiger partial charge in [-0.15, -0.1) is 4.40 Å². The van der Waals surface area contributed by atoms with Gasteiger partial charge in [-0.1, -0.05) is 0 Å². The first-order chi connectivity index (χ1) is 10.7. The van der Waals surface area contributed by atoms with Gasteiger partial charge in [0.25, 0.3) is 0 Å². The van der Waals surface area contributed by atoms with Crippen LogP contribution in [0.1, 0.15) is 0 Å². The summed E-state index contributed by atoms with van der Waals surface area (Å²) < 4.78 is 138. The Labute approximate surface area is 134 Å². The molecule has 7 nitrogen and oxygen atoms in total. The summed E-state index contributed by atoms with van der Waals surface area (Å²) in [5, 5.41) is -6.98. The molecule has 0 aliphatic heterocycles. The molecule has 0 aliphatic rings. The maximum absolute atomic E-state index is 13.3. The Morgan fingerprint density at radius 3 is 1.60 bits per heavy atom. The van der Waals surface area contributed by atoms with Crippen LogP contribution in [-0.4, -0.2) is 62.6 Å². The first-order valence-electron chi connectivity index (χ1n) is 5.54. The topological polar surface area (TPSA) is 114 Å². The van der Waals surface area contributed by atoms with Crippen LogP contribution >= 0.6 is 0 Å². The standard InChI is InChI=1S/C8H10F9N5O2S/c1-22(2)4(19)20-3(18)21-25(23,24)8(16,17)6(11,12)5(9,10)7(13,14)15/h1-2H3,(H4,18,19,20,21). The fourth-order valence-corrected chi connectivity index (χ4v) is 1.79. The van der Waals surface area contributed by atoms with Crippen molar-refractivity contribution in [3.8, 4) is 0 Å². The molecule has 0 aliphatic carbocycles. The highest BCUT2D eigenvalue weighted by Crippen LogP contribution is 2.54. The van der Waals surface area contributed by atoms with Crippen molar-refractivity contribution in [3.05, 3.63) is 0 Å². The predicted molar refractivity (Wildman–Crippen MR) is 66.7 cm³/mol. The van der Waals surface area contributed by atoms with E-state index in [-0.39, 0.29) is 0 Å². The molecule has 0 fully saturated rings. The summed E-state index contributed by atoms with van der Waals surface area (Å²) >= 11 is 0. The van der Waals surface area contributed by atoms with E-state index in [0.717, 1.165) is 4.90 Å². The third-order valence-corrected chi connectivity index (χ3v) is 3.67. The second kappa shape index (κ2) is 6.41. The zero-order valence-corrected chi connectivity index (χ0v) is 12.9. The second-order valence-corrected chi connectivity index (χ2v) is 6.10. The summed E-state index contributed by atoms with van der Waals surface area (Å²) in [6, 6.07) is 0. The van der Waals surface area contributed by atoms with E-state index >= 15 is 0 Å². The Morgan fingerprint density at radius 2 is 1.28 bits per heavy atom. The SMILES string of the molecule is CN(C)C(N)=NC(N)=NS(=O)(=O)C(F)(F)C(F)(F)C(F)(F)C(F)(F)F. The molecule has 17 heteroatoms. The van der Waals surface area contributed by atoms with E-state index in [0.29, 0.717) is 0 Å². The fraction of sp³-hybridized carbons (Fsp3) is 0.750. The summed E-state index contributed by atoms with van der Waals surface area (Å²) in [6.45, 7) is 0. The highest BCUT2D eigenvalue weighted by molar-refractivity contribution is 7.91. The van der Waals surface area contributed by atoms with E-state index in [1.165, 1.54) is 14.1 Å². The van der Waals surface area contributed by atoms with Crippen molar-refractivity contribution in [2.45, 2.75) is 23.3 Å². The van der Waals surface area contributed by atoms with Gasteiger partial charge < -0.3 is 16.4 Å². The van der Waals surface area contributed by atoms with Crippen LogP contribution in [0.2, 0.25) is 0 Å². The van der Waals surface area contributed by atoms with Crippen LogP contribution in [-0.2, 0) is 10.0 Å². The molecule has 0 bridgehead atoms. The molecule has 0 aromatic heterocycles. The number of aliphatic imine (C=N–C) groups is 1. The number of nitrogens with two attached hydrogens (primary N) is 2. The zero-order chi connectivity index (χ0) is 20.6. The Morgan fingerprint density at radius 1 is 0.880 bits per heavy atom. The number of halogens is 9. The number of hydrogen-bond acceptors (Lipinski definition) is 2. The molecule has 0 aromatic rings. The van der Waals surface area contributed by atoms with E-state index < -0.39 is 45.2 Å². The molecular formula is C8H10F9N5O2S. The lowest BCUT2D eigenvalue weighted by Crippen LogP contribution is -2.63. The van der Waals surface area contributed by atoms with Crippen LogP contribution in [0.5, 0.6) is 0 Å². The molecular weight excluding hydrogens is 401 g/mol. The smallest absolute Gasteiger partial charge is 0.369 e. The molecule has 0 saturated carbocycles. The van der Waals surface area contributed by atoms with E-state index in [1.54, 1.807) is 4.40 Å². The van der Waals surface area contributed by atoms with Crippen molar-refractivity contribution in [2.75, 3.05) is 14.1 Å². The van der Waals surface area contributed by atoms with Gasteiger partial charge in [-0.3, -0.25) is 0 Å². The largest absolute Gasteiger partial charge is 0.460 e. The molecule has 4 N–H and O–H groups in total. The van der Waals surface area contributed by atoms with Gasteiger partial charge in [-0.25, -0.2) is 0 Å². The van der Waals surface area contributed by atoms with Crippen LogP contribution in [0.15, 0.2) is 9.39 Å². The summed E-state index contributed by atoms with van der Waals surface area (Å²) in [4.78, 5) is 3.77. The van der Waals surface area contributed by atoms with E-state index in [9.17, 15) is 47.9 Å². The van der Waals surface area contributed by atoms with Crippen LogP contribution in [0.4, 0.5) is 39.5 Å². The average molecular weight is 411 g/mol. The number of alkyl halides is 9. The van der Waals surface area contributed by atoms with E-state index in [4.69, 9.17) is 11.5 Å². The Balaban J connectivity index is 6.21. The Bertz CT molecular complexity index is 668. The van der Waals surface area contributed by atoms with Gasteiger partial charge in [0, 0.05) is 14.1 Å². The molecule has 0 spiro atoms. The normalized spacial score (nSPS) is 16.1. The zero-order valence-electron chi connectivity index (χ0n) is 12.1. The summed E-state index contributed by atoms with van der Waals surface area (Å²) in [6.07, 6.45) is -7.18. The van der Waals surface area contributed by atoms with E-state index in [1.807, 2.05) is 0 Å². The molecule has 0 rings (SSSR count). The van der Waals surface area contributed by atoms with E-state index in [2.05, 4.69) is 4.99 Å². The van der Waals surface area contributed by atoms with Gasteiger partial charge >= 0.3 is 33.3 Å². The molecule has 25 heavy (non-hydrogen) atoms. The maximum atomic E-state index is 13.3. The minimum absolute atomic E-state index is 0.674. The van der Waals surface area contributed by atoms with Crippen molar-refractivity contribution in [1.82, 2.24) is 4.90 Å². The van der Waals surface area contributed by atoms with Crippen molar-refractivity contribution < 1.29 is 47.9 Å². The highest BCUT2D eigenvalue weighted by Gasteiger charge is 2.85. The summed E-state index contributed by atoms with van der Waals surface area (Å²) in [7, 11) is -4.64. The molecule has 0 amide bonds. The third-order valence-electron chi connectivity index (χ3n) is 2.34. The van der Waals surface area contributed by atoms with Crippen LogP contribution in [0.3, 0.4) is 0 Å². The summed E-state index contributed by atoms with van der Waals surface area (Å²) in [5.74, 6) is -17.2. The number of rotatable bonds is 4. The van der Waals surface area contributed by atoms with Gasteiger partial charge in [0.2, 0.25) is 5.96 Å². The number of hydrogen-bond donors (Lipinski definition) is 2. The van der Waals surface area contributed by atoms with Crippen LogP contribution in [0.25, 0.3) is 0 Å². The lowest BCUT2D eigenvalue weighted by atomic mass is 10.1. The van der Waals surface area contributed by atoms with Gasteiger partial charge in [-0.2, -0.15) is 52.9 Å². The highest BCUT2D eigenvalue weighted by atomic mass is 32.2. The first kappa shape index (κ1) is 23.1. The van der Waals surface area contributed by atoms with Gasteiger partial charge in [-0.05, 0) is 0 Å². The predicted octanol–water partition coefficient (Wildman–Crippen LogP) is 0.933. The van der Waals surface area contributed by atoms with Crippen LogP contribution < -0.4 is 11.5 Å². The van der Waals surface area contributed by atoms with Gasteiger partial charge in [0.1, 0.15) is 0 Å². The summed E-state index contributed by atoms with van der Waals surface area (Å²) in [5.41, 5.74) is 9.80. The Hall–Kier alpha value is -1.94. The van der Waals surface area contributed by atoms with Crippen molar-refractivity contribution in [1.29, 1.82) is 0 Å². The molecule has 0 atom stereocenters. The van der Waals surface area contributed by atoms with Gasteiger partial charge in [0.05, 0.1) is 0 Å². The lowest BCUT2D eigenvalue weighted by Gasteiger charge is -2.31. The first-order valence-corrected chi connectivity index (χ1v) is 6.98. The molecule has 0 unspecified atom stereocenters. The molecule has 148 valence electrons. The maximum Gasteiger partial charge on any atom is 0.460 e. The van der Waals surface area contributed by atoms with Crippen molar-refractivity contribution >= 4 is 21.9 Å². The number of guanidine groups is 2. The van der Waals surface area contributed by atoms with Gasteiger partial charge in [0.15, 0.2) is 5.96 Å². The average Bonchev–Trinajstić information content (AvgIpc) is 2.35. The number of sulfonamides is 1. The number of nitrogens with zero attached hydrogens (tertiary/aromatic N) is 3. The van der Waals surface area contributed by atoms with Crippen LogP contribution in [0, 0.1) is 0 Å². The minimum Gasteiger partial charge on any atom is -0.369 e. The third kappa shape index (κ3) is 4.01. The molecule has 0 aromatic carbocycles. The molecule has 0 radical (unpaired) electrons. The molecule has 0 heterocycles. The minimum atomic E-state index is -7.41. The quantitative estimate of drug-likeness (QED) is 0.406. The lowest BCUT2D eigenvalue weighted by molar-refractivity contribution is -0.382. The molecule has 0 saturated heterocycles.